The predicted molar refractivity (Wildman–Crippen MR) is 118 cm³/mol. The van der Waals surface area contributed by atoms with Gasteiger partial charge < -0.3 is 5.73 Å². The molecule has 148 valence electrons. The average Bonchev–Trinajstić information content (AvgIpc) is 3.24. The Morgan fingerprint density at radius 2 is 1.90 bits per heavy atom. The van der Waals surface area contributed by atoms with Crippen LogP contribution in [0.4, 0.5) is 5.69 Å². The van der Waals surface area contributed by atoms with Crippen LogP contribution in [-0.2, 0) is 11.2 Å². The molecule has 0 aliphatic heterocycles. The fraction of sp³-hybridized carbons (Fsp3) is 0.182. The van der Waals surface area contributed by atoms with E-state index in [0.717, 1.165) is 26.0 Å². The number of benzene rings is 2. The molecule has 3 rings (SSSR count). The molecule has 0 fully saturated rings. The molecule has 0 saturated carbocycles. The van der Waals surface area contributed by atoms with E-state index < -0.39 is 12.0 Å². The van der Waals surface area contributed by atoms with Crippen LogP contribution in [0, 0.1) is 5.92 Å². The summed E-state index contributed by atoms with van der Waals surface area (Å²) in [5.41, 5.74) is 8.40. The van der Waals surface area contributed by atoms with E-state index in [4.69, 9.17) is 5.73 Å². The van der Waals surface area contributed by atoms with Crippen molar-refractivity contribution in [3.63, 3.8) is 0 Å². The molecule has 1 heterocycles. The normalized spacial score (nSPS) is 12.9. The molecule has 5 nitrogen and oxygen atoms in total. The van der Waals surface area contributed by atoms with Crippen LogP contribution in [-0.4, -0.2) is 39.9 Å². The van der Waals surface area contributed by atoms with Gasteiger partial charge in [0, 0.05) is 0 Å². The van der Waals surface area contributed by atoms with Gasteiger partial charge in [-0.3, -0.25) is 4.79 Å². The molecule has 0 spiro atoms. The molecule has 0 aliphatic carbocycles. The minimum atomic E-state index is -1.19. The molecule has 2 atom stereocenters. The summed E-state index contributed by atoms with van der Waals surface area (Å²) in [4.78, 5) is 24.9. The number of thiophene rings is 1. The summed E-state index contributed by atoms with van der Waals surface area (Å²) in [7, 11) is 0. The van der Waals surface area contributed by atoms with E-state index >= 15 is 0 Å². The van der Waals surface area contributed by atoms with Gasteiger partial charge in [0.05, 0.1) is 0 Å². The molecule has 0 saturated heterocycles. The number of rotatable bonds is 7. The van der Waals surface area contributed by atoms with Crippen LogP contribution < -0.4 is 15.4 Å². The summed E-state index contributed by atoms with van der Waals surface area (Å²) in [6, 6.07) is 17.1. The Labute approximate surface area is 182 Å². The van der Waals surface area contributed by atoms with E-state index in [2.05, 4.69) is 22.2 Å². The molecular weight excluding hydrogens is 447 g/mol. The third kappa shape index (κ3) is 5.35. The number of aliphatic hydroxyl groups excluding tert-OH is 1. The predicted octanol–water partition coefficient (Wildman–Crippen LogP) is 2.49. The van der Waals surface area contributed by atoms with Gasteiger partial charge in [-0.15, -0.1) is 0 Å². The first-order valence-electron chi connectivity index (χ1n) is 9.09. The maximum atomic E-state index is 12.7. The van der Waals surface area contributed by atoms with Crippen molar-refractivity contribution >= 4 is 50.0 Å². The molecule has 3 aromatic rings. The second kappa shape index (κ2) is 9.40. The molecule has 0 aliphatic rings. The minimum Gasteiger partial charge on any atom is -0.367 e. The van der Waals surface area contributed by atoms with Crippen LogP contribution in [0.3, 0.4) is 0 Å². The Bertz CT molecular complexity index is 1000. The van der Waals surface area contributed by atoms with Crippen molar-refractivity contribution in [1.82, 2.24) is 0 Å². The summed E-state index contributed by atoms with van der Waals surface area (Å²) in [5.74, 6) is -1.22. The number of amides is 2. The van der Waals surface area contributed by atoms with E-state index in [-0.39, 0.29) is 11.8 Å². The number of carbonyl (C=O) groups is 2. The third-order valence-corrected chi connectivity index (χ3v) is 6.39. The summed E-state index contributed by atoms with van der Waals surface area (Å²) >= 11 is 4.12. The molecule has 2 unspecified atom stereocenters. The topological polar surface area (TPSA) is 92.4 Å². The summed E-state index contributed by atoms with van der Waals surface area (Å²) in [6.45, 7) is 1.76. The van der Waals surface area contributed by atoms with Crippen molar-refractivity contribution in [2.24, 2.45) is 11.7 Å². The molecular formula is C22H21AsN2O3S. The van der Waals surface area contributed by atoms with Crippen molar-refractivity contribution < 1.29 is 14.7 Å². The monoisotopic (exact) mass is 468 g/mol. The van der Waals surface area contributed by atoms with Crippen LogP contribution in [0.25, 0.3) is 10.4 Å². The van der Waals surface area contributed by atoms with Crippen molar-refractivity contribution in [2.45, 2.75) is 19.4 Å². The van der Waals surface area contributed by atoms with E-state index in [1.165, 1.54) is 0 Å². The number of carbonyl (C=O) groups excluding carboxylic acids is 2. The van der Waals surface area contributed by atoms with Crippen molar-refractivity contribution in [3.8, 4) is 10.4 Å². The number of aliphatic hydroxyl groups is 1. The molecule has 2 aromatic carbocycles. The standard InChI is InChI=1S/C22H21AsN2O3S/c1-13(20(26)21(24)27)11-14-4-6-15(7-5-14)22(28)25-18-12-16(8-9-17(18)23)19-3-2-10-29-19/h2-10,12-13,20,26H,11H2,1H3,(H2,24,27)(H,25,28). The zero-order valence-electron chi connectivity index (χ0n) is 15.8. The van der Waals surface area contributed by atoms with Crippen LogP contribution in [0.15, 0.2) is 60.0 Å². The van der Waals surface area contributed by atoms with Gasteiger partial charge in [0.1, 0.15) is 0 Å². The Morgan fingerprint density at radius 1 is 1.17 bits per heavy atom. The molecule has 29 heavy (non-hydrogen) atoms. The Kier molecular flexibility index (Phi) is 6.91. The quantitative estimate of drug-likeness (QED) is 0.466. The molecule has 2 amide bonds. The Hall–Kier alpha value is -2.40. The third-order valence-electron chi connectivity index (χ3n) is 4.65. The van der Waals surface area contributed by atoms with Gasteiger partial charge in [0.2, 0.25) is 0 Å². The SMILES string of the molecule is CC(Cc1ccc(C(=O)Nc2cc(-c3cccs3)ccc2[As])cc1)C(O)C(N)=O. The maximum absolute atomic E-state index is 12.7. The number of primary amides is 1. The first-order valence-corrected chi connectivity index (χ1v) is 10.9. The van der Waals surface area contributed by atoms with E-state index in [0.29, 0.717) is 12.0 Å². The average molecular weight is 468 g/mol. The van der Waals surface area contributed by atoms with Gasteiger partial charge in [0.15, 0.2) is 0 Å². The molecule has 7 heteroatoms. The van der Waals surface area contributed by atoms with Gasteiger partial charge in [-0.25, -0.2) is 0 Å². The zero-order valence-corrected chi connectivity index (χ0v) is 18.5. The molecule has 0 bridgehead atoms. The van der Waals surface area contributed by atoms with Gasteiger partial charge in [-0.1, -0.05) is 0 Å². The smallest absolute Gasteiger partial charge is 0.367 e. The Balaban J connectivity index is 1.70. The number of nitrogens with one attached hydrogen (secondary N) is 1. The fourth-order valence-corrected chi connectivity index (χ4v) is 4.12. The van der Waals surface area contributed by atoms with E-state index in [1.54, 1.807) is 30.4 Å². The van der Waals surface area contributed by atoms with Crippen LogP contribution in [0.1, 0.15) is 22.8 Å². The van der Waals surface area contributed by atoms with Gasteiger partial charge in [0.25, 0.3) is 0 Å². The summed E-state index contributed by atoms with van der Waals surface area (Å²) in [5, 5.41) is 14.7. The first-order chi connectivity index (χ1) is 13.8. The first kappa shape index (κ1) is 21.3. The number of nitrogens with two attached hydrogens (primary N) is 1. The van der Waals surface area contributed by atoms with E-state index in [9.17, 15) is 14.7 Å². The minimum absolute atomic E-state index is 0.197. The summed E-state index contributed by atoms with van der Waals surface area (Å²) < 4.78 is 0.928. The van der Waals surface area contributed by atoms with Crippen molar-refractivity contribution in [2.75, 3.05) is 5.32 Å². The van der Waals surface area contributed by atoms with Gasteiger partial charge in [-0.05, 0) is 0 Å². The van der Waals surface area contributed by atoms with Crippen LogP contribution >= 0.6 is 11.3 Å². The Morgan fingerprint density at radius 3 is 2.52 bits per heavy atom. The van der Waals surface area contributed by atoms with E-state index in [1.807, 2.05) is 47.8 Å². The number of hydrogen-bond donors (Lipinski definition) is 3. The number of anilines is 1. The van der Waals surface area contributed by atoms with Crippen LogP contribution in [0.2, 0.25) is 0 Å². The van der Waals surface area contributed by atoms with Crippen molar-refractivity contribution in [3.05, 3.63) is 71.1 Å². The summed E-state index contributed by atoms with van der Waals surface area (Å²) in [6.07, 6.45) is -0.694. The van der Waals surface area contributed by atoms with Crippen LogP contribution in [0.5, 0.6) is 0 Å². The van der Waals surface area contributed by atoms with Gasteiger partial charge >= 0.3 is 172 Å². The molecule has 2 radical (unpaired) electrons. The second-order valence-corrected chi connectivity index (χ2v) is 8.85. The number of hydrogen-bond acceptors (Lipinski definition) is 4. The van der Waals surface area contributed by atoms with Gasteiger partial charge in [-0.2, -0.15) is 0 Å². The molecule has 4 N–H and O–H groups in total. The molecule has 1 aromatic heterocycles. The fourth-order valence-electron chi connectivity index (χ4n) is 2.98. The van der Waals surface area contributed by atoms with Crippen molar-refractivity contribution in [1.29, 1.82) is 0 Å². The zero-order chi connectivity index (χ0) is 21.0. The second-order valence-electron chi connectivity index (χ2n) is 6.89.